The van der Waals surface area contributed by atoms with Crippen LogP contribution in [0, 0.1) is 11.8 Å². The monoisotopic (exact) mass is 539 g/mol. The normalized spacial score (nSPS) is 12.9. The van der Waals surface area contributed by atoms with E-state index in [1.165, 1.54) is 12.1 Å². The lowest BCUT2D eigenvalue weighted by molar-refractivity contribution is -0.127. The van der Waals surface area contributed by atoms with Gasteiger partial charge < -0.3 is 20.6 Å². The number of rotatable bonds is 17. The van der Waals surface area contributed by atoms with Gasteiger partial charge in [-0.05, 0) is 44.3 Å². The summed E-state index contributed by atoms with van der Waals surface area (Å²) in [5.74, 6) is 0.742. The number of aliphatic hydroxyl groups is 1. The molecule has 4 N–H and O–H groups in total. The van der Waals surface area contributed by atoms with Crippen LogP contribution in [0.25, 0.3) is 0 Å². The van der Waals surface area contributed by atoms with Crippen LogP contribution in [0.4, 0.5) is 0 Å². The van der Waals surface area contributed by atoms with Crippen LogP contribution >= 0.6 is 12.1 Å². The van der Waals surface area contributed by atoms with Crippen molar-refractivity contribution in [1.29, 1.82) is 0 Å². The van der Waals surface area contributed by atoms with Gasteiger partial charge in [0.15, 0.2) is 0 Å². The Hall–Kier alpha value is -1.65. The van der Waals surface area contributed by atoms with Gasteiger partial charge in [0.25, 0.3) is 0 Å². The van der Waals surface area contributed by atoms with Crippen molar-refractivity contribution in [3.63, 3.8) is 0 Å². The SMILES string of the molecule is CC(C)C.CCCCNSN(CC(C)C)CC(O)C(Cc1ccccc1)NC(=O)CNC(=O)CN(C)C. The van der Waals surface area contributed by atoms with Gasteiger partial charge in [-0.15, -0.1) is 0 Å². The van der Waals surface area contributed by atoms with E-state index in [-0.39, 0.29) is 24.9 Å². The lowest BCUT2D eigenvalue weighted by atomic mass is 10.0. The number of amides is 2. The van der Waals surface area contributed by atoms with Crippen molar-refractivity contribution in [3.8, 4) is 0 Å². The zero-order valence-corrected chi connectivity index (χ0v) is 25.2. The van der Waals surface area contributed by atoms with Gasteiger partial charge in [-0.3, -0.25) is 14.3 Å². The number of benzene rings is 1. The molecular formula is C28H53N5O3S. The summed E-state index contributed by atoms with van der Waals surface area (Å²) in [7, 11) is 3.59. The highest BCUT2D eigenvalue weighted by atomic mass is 32.2. The molecule has 0 saturated heterocycles. The number of hydrogen-bond acceptors (Lipinski definition) is 7. The average molecular weight is 540 g/mol. The minimum Gasteiger partial charge on any atom is -0.390 e. The van der Waals surface area contributed by atoms with E-state index in [4.69, 9.17) is 0 Å². The molecule has 0 heterocycles. The molecule has 0 radical (unpaired) electrons. The molecule has 0 aliphatic carbocycles. The highest BCUT2D eigenvalue weighted by Crippen LogP contribution is 2.14. The van der Waals surface area contributed by atoms with Gasteiger partial charge in [-0.2, -0.15) is 0 Å². The van der Waals surface area contributed by atoms with Crippen LogP contribution in [0.5, 0.6) is 0 Å². The molecule has 2 atom stereocenters. The first-order chi connectivity index (χ1) is 17.4. The van der Waals surface area contributed by atoms with E-state index < -0.39 is 12.1 Å². The Morgan fingerprint density at radius 1 is 1.00 bits per heavy atom. The van der Waals surface area contributed by atoms with E-state index in [0.717, 1.165) is 37.4 Å². The minimum absolute atomic E-state index is 0.117. The maximum Gasteiger partial charge on any atom is 0.239 e. The molecular weight excluding hydrogens is 486 g/mol. The first-order valence-corrected chi connectivity index (χ1v) is 14.3. The predicted octanol–water partition coefficient (Wildman–Crippen LogP) is 3.33. The number of nitrogens with one attached hydrogen (secondary N) is 3. The molecule has 0 fully saturated rings. The van der Waals surface area contributed by atoms with Crippen LogP contribution in [-0.4, -0.2) is 85.1 Å². The number of nitrogens with zero attached hydrogens (tertiary/aromatic N) is 2. The Balaban J connectivity index is 0.00000300. The molecule has 0 aliphatic heterocycles. The molecule has 1 aromatic rings. The van der Waals surface area contributed by atoms with Crippen molar-refractivity contribution in [2.75, 3.05) is 46.8 Å². The molecule has 9 heteroatoms. The largest absolute Gasteiger partial charge is 0.390 e. The third-order valence-electron chi connectivity index (χ3n) is 4.80. The Morgan fingerprint density at radius 2 is 1.62 bits per heavy atom. The van der Waals surface area contributed by atoms with Gasteiger partial charge >= 0.3 is 0 Å². The highest BCUT2D eigenvalue weighted by molar-refractivity contribution is 7.95. The Kier molecular flexibility index (Phi) is 20.4. The van der Waals surface area contributed by atoms with Crippen molar-refractivity contribution in [2.24, 2.45) is 11.8 Å². The van der Waals surface area contributed by atoms with Gasteiger partial charge in [-0.25, -0.2) is 4.31 Å². The predicted molar refractivity (Wildman–Crippen MR) is 157 cm³/mol. The van der Waals surface area contributed by atoms with E-state index >= 15 is 0 Å². The second-order valence-corrected chi connectivity index (χ2v) is 11.7. The van der Waals surface area contributed by atoms with Crippen molar-refractivity contribution in [3.05, 3.63) is 35.9 Å². The molecule has 0 aliphatic rings. The van der Waals surface area contributed by atoms with Crippen LogP contribution in [0.15, 0.2) is 30.3 Å². The summed E-state index contributed by atoms with van der Waals surface area (Å²) >= 11 is 1.53. The third kappa shape index (κ3) is 21.0. The van der Waals surface area contributed by atoms with Crippen LogP contribution in [0.3, 0.4) is 0 Å². The number of likely N-dealkylation sites (N-methyl/N-ethyl adjacent to an activating group) is 1. The fraction of sp³-hybridized carbons (Fsp3) is 0.714. The van der Waals surface area contributed by atoms with E-state index in [2.05, 4.69) is 61.2 Å². The maximum atomic E-state index is 12.6. The number of hydrogen-bond donors (Lipinski definition) is 4. The minimum atomic E-state index is -0.772. The number of carbonyl (C=O) groups excluding carboxylic acids is 2. The van der Waals surface area contributed by atoms with Crippen LogP contribution in [-0.2, 0) is 16.0 Å². The quantitative estimate of drug-likeness (QED) is 0.178. The molecule has 8 nitrogen and oxygen atoms in total. The second kappa shape index (κ2) is 21.3. The summed E-state index contributed by atoms with van der Waals surface area (Å²) < 4.78 is 5.49. The maximum absolute atomic E-state index is 12.6. The fourth-order valence-electron chi connectivity index (χ4n) is 3.21. The first kappa shape index (κ1) is 35.4. The highest BCUT2D eigenvalue weighted by Gasteiger charge is 2.25. The zero-order valence-electron chi connectivity index (χ0n) is 24.4. The van der Waals surface area contributed by atoms with Crippen LogP contribution in [0.1, 0.15) is 59.9 Å². The van der Waals surface area contributed by atoms with Crippen molar-refractivity contribution < 1.29 is 14.7 Å². The van der Waals surface area contributed by atoms with E-state index in [9.17, 15) is 14.7 Å². The van der Waals surface area contributed by atoms with Crippen LogP contribution < -0.4 is 15.4 Å². The van der Waals surface area contributed by atoms with Crippen molar-refractivity contribution in [2.45, 2.75) is 73.0 Å². The summed E-state index contributed by atoms with van der Waals surface area (Å²) in [6.07, 6.45) is 1.95. The third-order valence-corrected chi connectivity index (χ3v) is 5.69. The molecule has 0 spiro atoms. The summed E-state index contributed by atoms with van der Waals surface area (Å²) in [6.45, 7) is 15.2. The molecule has 214 valence electrons. The van der Waals surface area contributed by atoms with E-state index in [0.29, 0.717) is 18.9 Å². The van der Waals surface area contributed by atoms with Gasteiger partial charge in [0, 0.05) is 31.8 Å². The van der Waals surface area contributed by atoms with E-state index in [1.807, 2.05) is 30.3 Å². The van der Waals surface area contributed by atoms with Crippen LogP contribution in [0.2, 0.25) is 0 Å². The average Bonchev–Trinajstić information content (AvgIpc) is 2.79. The van der Waals surface area contributed by atoms with Gasteiger partial charge in [0.1, 0.15) is 0 Å². The number of aliphatic hydroxyl groups excluding tert-OH is 1. The fourth-order valence-corrected chi connectivity index (χ4v) is 4.23. The lowest BCUT2D eigenvalue weighted by Crippen LogP contribution is -2.51. The van der Waals surface area contributed by atoms with Gasteiger partial charge in [0.05, 0.1) is 25.2 Å². The van der Waals surface area contributed by atoms with Gasteiger partial charge in [0.2, 0.25) is 11.8 Å². The second-order valence-electron chi connectivity index (χ2n) is 10.8. The molecule has 37 heavy (non-hydrogen) atoms. The zero-order chi connectivity index (χ0) is 28.2. The summed E-state index contributed by atoms with van der Waals surface area (Å²) in [4.78, 5) is 26.2. The summed E-state index contributed by atoms with van der Waals surface area (Å²) in [5, 5.41) is 16.7. The molecule has 2 unspecified atom stereocenters. The Bertz CT molecular complexity index is 716. The molecule has 0 bridgehead atoms. The number of carbonyl (C=O) groups is 2. The molecule has 0 aromatic heterocycles. The standard InChI is InChI=1S/C24H43N5O3S.C4H10/c1-6-7-13-26-33-29(16-19(2)3)17-22(30)21(14-20-11-9-8-10-12-20)27-23(31)15-25-24(32)18-28(4)5;1-4(2)3/h8-12,19,21-22,26,30H,6-7,13-18H2,1-5H3,(H,25,32)(H,27,31);4H,1-3H3. The topological polar surface area (TPSA) is 96.9 Å². The Labute approximate surface area is 230 Å². The lowest BCUT2D eigenvalue weighted by Gasteiger charge is -2.30. The smallest absolute Gasteiger partial charge is 0.239 e. The van der Waals surface area contributed by atoms with E-state index in [1.54, 1.807) is 19.0 Å². The molecule has 2 amide bonds. The molecule has 1 rings (SSSR count). The van der Waals surface area contributed by atoms with Crippen molar-refractivity contribution >= 4 is 23.9 Å². The first-order valence-electron chi connectivity index (χ1n) is 13.5. The summed E-state index contributed by atoms with van der Waals surface area (Å²) in [5.41, 5.74) is 1.03. The molecule has 1 aromatic carbocycles. The van der Waals surface area contributed by atoms with Gasteiger partial charge in [-0.1, -0.05) is 78.3 Å². The molecule has 0 saturated carbocycles. The number of unbranched alkanes of at least 4 members (excludes halogenated alkanes) is 1. The Morgan fingerprint density at radius 3 is 2.16 bits per heavy atom. The summed E-state index contributed by atoms with van der Waals surface area (Å²) in [6, 6.07) is 9.32. The van der Waals surface area contributed by atoms with Crippen molar-refractivity contribution in [1.82, 2.24) is 24.6 Å².